The standard InChI is InChI=1S/C9H11N3O2/c10-8(13)7-2-1-6-5-11-3-4-14-9(6)12-7/h1-2,11H,3-5H2,(H2,10,13). The van der Waals surface area contributed by atoms with Crippen LogP contribution < -0.4 is 15.8 Å². The fraction of sp³-hybridized carbons (Fsp3) is 0.333. The van der Waals surface area contributed by atoms with Crippen LogP contribution in [0.25, 0.3) is 0 Å². The number of hydrogen-bond donors (Lipinski definition) is 2. The summed E-state index contributed by atoms with van der Waals surface area (Å²) in [5.74, 6) is -0.0279. The molecule has 74 valence electrons. The molecule has 0 spiro atoms. The van der Waals surface area contributed by atoms with Crippen LogP contribution in [0, 0.1) is 0 Å². The van der Waals surface area contributed by atoms with Crippen LogP contribution in [-0.4, -0.2) is 24.0 Å². The molecule has 3 N–H and O–H groups in total. The first-order valence-corrected chi connectivity index (χ1v) is 4.40. The maximum Gasteiger partial charge on any atom is 0.267 e. The first-order valence-electron chi connectivity index (χ1n) is 4.40. The number of carbonyl (C=O) groups excluding carboxylic acids is 1. The molecule has 5 nitrogen and oxygen atoms in total. The van der Waals surface area contributed by atoms with Gasteiger partial charge in [0.15, 0.2) is 0 Å². The summed E-state index contributed by atoms with van der Waals surface area (Å²) in [5, 5.41) is 3.17. The van der Waals surface area contributed by atoms with E-state index in [0.717, 1.165) is 12.1 Å². The molecule has 1 aliphatic rings. The third-order valence-corrected chi connectivity index (χ3v) is 2.02. The Morgan fingerprint density at radius 2 is 2.43 bits per heavy atom. The van der Waals surface area contributed by atoms with Crippen molar-refractivity contribution in [3.05, 3.63) is 23.4 Å². The third-order valence-electron chi connectivity index (χ3n) is 2.02. The lowest BCUT2D eigenvalue weighted by molar-refractivity contribution is 0.0994. The number of ether oxygens (including phenoxy) is 1. The fourth-order valence-electron chi connectivity index (χ4n) is 1.31. The number of nitrogens with zero attached hydrogens (tertiary/aromatic N) is 1. The van der Waals surface area contributed by atoms with Gasteiger partial charge in [0.1, 0.15) is 12.3 Å². The van der Waals surface area contributed by atoms with Gasteiger partial charge in [-0.25, -0.2) is 4.98 Å². The Morgan fingerprint density at radius 3 is 3.21 bits per heavy atom. The zero-order chi connectivity index (χ0) is 9.97. The Morgan fingerprint density at radius 1 is 1.57 bits per heavy atom. The van der Waals surface area contributed by atoms with Gasteiger partial charge in [-0.15, -0.1) is 0 Å². The molecule has 0 aromatic carbocycles. The number of hydrogen-bond acceptors (Lipinski definition) is 4. The Kier molecular flexibility index (Phi) is 2.32. The van der Waals surface area contributed by atoms with Crippen molar-refractivity contribution in [2.75, 3.05) is 13.2 Å². The number of rotatable bonds is 1. The Hall–Kier alpha value is -1.62. The van der Waals surface area contributed by atoms with Crippen LogP contribution in [0.1, 0.15) is 16.1 Å². The number of nitrogens with one attached hydrogen (secondary N) is 1. The highest BCUT2D eigenvalue weighted by Gasteiger charge is 2.12. The molecule has 0 bridgehead atoms. The number of primary amides is 1. The van der Waals surface area contributed by atoms with E-state index in [0.29, 0.717) is 19.0 Å². The molecule has 2 rings (SSSR count). The van der Waals surface area contributed by atoms with E-state index in [1.807, 2.05) is 0 Å². The van der Waals surface area contributed by atoms with E-state index < -0.39 is 5.91 Å². The van der Waals surface area contributed by atoms with E-state index in [4.69, 9.17) is 10.5 Å². The van der Waals surface area contributed by atoms with E-state index in [2.05, 4.69) is 10.3 Å². The van der Waals surface area contributed by atoms with E-state index >= 15 is 0 Å². The predicted molar refractivity (Wildman–Crippen MR) is 50.0 cm³/mol. The maximum atomic E-state index is 10.9. The number of carbonyl (C=O) groups is 1. The van der Waals surface area contributed by atoms with Gasteiger partial charge in [-0.3, -0.25) is 4.79 Å². The number of amides is 1. The first kappa shape index (κ1) is 8.96. The molecule has 1 aliphatic heterocycles. The van der Waals surface area contributed by atoms with Crippen LogP contribution in [0.15, 0.2) is 12.1 Å². The molecular weight excluding hydrogens is 182 g/mol. The molecule has 2 heterocycles. The zero-order valence-electron chi connectivity index (χ0n) is 7.62. The van der Waals surface area contributed by atoms with E-state index in [1.54, 1.807) is 12.1 Å². The normalized spacial score (nSPS) is 15.1. The number of pyridine rings is 1. The molecule has 1 aromatic heterocycles. The Labute approximate surface area is 81.3 Å². The highest BCUT2D eigenvalue weighted by atomic mass is 16.5. The predicted octanol–water partition coefficient (Wildman–Crippen LogP) is -0.338. The minimum Gasteiger partial charge on any atom is -0.476 e. The molecular formula is C9H11N3O2. The third kappa shape index (κ3) is 1.67. The summed E-state index contributed by atoms with van der Waals surface area (Å²) in [7, 11) is 0. The first-order chi connectivity index (χ1) is 6.77. The van der Waals surface area contributed by atoms with E-state index in [1.165, 1.54) is 0 Å². The van der Waals surface area contributed by atoms with Gasteiger partial charge in [-0.2, -0.15) is 0 Å². The molecule has 0 fully saturated rings. The molecule has 0 radical (unpaired) electrons. The van der Waals surface area contributed by atoms with Crippen molar-refractivity contribution in [2.45, 2.75) is 6.54 Å². The second kappa shape index (κ2) is 3.63. The molecule has 1 amide bonds. The Bertz CT molecular complexity index is 365. The van der Waals surface area contributed by atoms with Crippen LogP contribution >= 0.6 is 0 Å². The molecule has 0 saturated heterocycles. The van der Waals surface area contributed by atoms with E-state index in [9.17, 15) is 4.79 Å². The fourth-order valence-corrected chi connectivity index (χ4v) is 1.31. The molecule has 5 heteroatoms. The van der Waals surface area contributed by atoms with Crippen LogP contribution in [0.2, 0.25) is 0 Å². The van der Waals surface area contributed by atoms with Crippen molar-refractivity contribution in [3.8, 4) is 5.88 Å². The smallest absolute Gasteiger partial charge is 0.267 e. The van der Waals surface area contributed by atoms with Crippen molar-refractivity contribution in [1.29, 1.82) is 0 Å². The van der Waals surface area contributed by atoms with Crippen molar-refractivity contribution < 1.29 is 9.53 Å². The minimum atomic E-state index is -0.534. The number of aromatic nitrogens is 1. The quantitative estimate of drug-likeness (QED) is 0.639. The summed E-state index contributed by atoms with van der Waals surface area (Å²) in [5.41, 5.74) is 6.31. The summed E-state index contributed by atoms with van der Waals surface area (Å²) < 4.78 is 5.36. The average Bonchev–Trinajstić information content (AvgIpc) is 2.41. The average molecular weight is 193 g/mol. The lowest BCUT2D eigenvalue weighted by atomic mass is 10.2. The number of fused-ring (bicyclic) bond motifs is 1. The second-order valence-corrected chi connectivity index (χ2v) is 3.05. The summed E-state index contributed by atoms with van der Waals surface area (Å²) in [6.45, 7) is 2.05. The van der Waals surface area contributed by atoms with Gasteiger partial charge >= 0.3 is 0 Å². The van der Waals surface area contributed by atoms with Crippen LogP contribution in [0.3, 0.4) is 0 Å². The summed E-state index contributed by atoms with van der Waals surface area (Å²) in [6.07, 6.45) is 0. The molecule has 0 aliphatic carbocycles. The maximum absolute atomic E-state index is 10.9. The molecule has 0 atom stereocenters. The van der Waals surface area contributed by atoms with Gasteiger partial charge in [-0.1, -0.05) is 0 Å². The highest BCUT2D eigenvalue weighted by Crippen LogP contribution is 2.17. The van der Waals surface area contributed by atoms with Crippen LogP contribution in [0.5, 0.6) is 5.88 Å². The van der Waals surface area contributed by atoms with Gasteiger partial charge < -0.3 is 15.8 Å². The van der Waals surface area contributed by atoms with Crippen molar-refractivity contribution in [2.24, 2.45) is 5.73 Å². The van der Waals surface area contributed by atoms with Gasteiger partial charge in [0.05, 0.1) is 0 Å². The van der Waals surface area contributed by atoms with Gasteiger partial charge in [0.2, 0.25) is 5.88 Å². The molecule has 14 heavy (non-hydrogen) atoms. The monoisotopic (exact) mass is 193 g/mol. The summed E-state index contributed by atoms with van der Waals surface area (Å²) in [4.78, 5) is 14.9. The van der Waals surface area contributed by atoms with Crippen LogP contribution in [0.4, 0.5) is 0 Å². The van der Waals surface area contributed by atoms with E-state index in [-0.39, 0.29) is 5.69 Å². The number of nitrogens with two attached hydrogens (primary N) is 1. The van der Waals surface area contributed by atoms with Crippen molar-refractivity contribution >= 4 is 5.91 Å². The molecule has 0 unspecified atom stereocenters. The highest BCUT2D eigenvalue weighted by molar-refractivity contribution is 5.90. The molecule has 1 aromatic rings. The van der Waals surface area contributed by atoms with Gasteiger partial charge in [0.25, 0.3) is 5.91 Å². The van der Waals surface area contributed by atoms with Crippen LogP contribution in [-0.2, 0) is 6.54 Å². The van der Waals surface area contributed by atoms with Gasteiger partial charge in [-0.05, 0) is 12.1 Å². The van der Waals surface area contributed by atoms with Crippen molar-refractivity contribution in [1.82, 2.24) is 10.3 Å². The Balaban J connectivity index is 2.37. The van der Waals surface area contributed by atoms with Crippen molar-refractivity contribution in [3.63, 3.8) is 0 Å². The second-order valence-electron chi connectivity index (χ2n) is 3.05. The summed E-state index contributed by atoms with van der Waals surface area (Å²) >= 11 is 0. The lowest BCUT2D eigenvalue weighted by Gasteiger charge is -2.05. The SMILES string of the molecule is NC(=O)c1ccc2c(n1)OCCNC2. The topological polar surface area (TPSA) is 77.2 Å². The molecule has 0 saturated carbocycles. The lowest BCUT2D eigenvalue weighted by Crippen LogP contribution is -2.16. The zero-order valence-corrected chi connectivity index (χ0v) is 7.62. The minimum absolute atomic E-state index is 0.241. The largest absolute Gasteiger partial charge is 0.476 e. The summed E-state index contributed by atoms with van der Waals surface area (Å²) in [6, 6.07) is 3.41. The van der Waals surface area contributed by atoms with Gasteiger partial charge in [0, 0.05) is 18.7 Å².